The second-order valence-electron chi connectivity index (χ2n) is 10.3. The molecule has 10 nitrogen and oxygen atoms in total. The van der Waals surface area contributed by atoms with E-state index in [-0.39, 0.29) is 16.5 Å². The molecule has 1 aliphatic rings. The topological polar surface area (TPSA) is 111 Å². The van der Waals surface area contributed by atoms with Gasteiger partial charge in [0.25, 0.3) is 5.91 Å². The Balaban J connectivity index is 1.52. The number of hydrogen-bond donors (Lipinski definition) is 0. The van der Waals surface area contributed by atoms with Crippen molar-refractivity contribution in [2.75, 3.05) is 32.9 Å². The number of sulfonamides is 1. The number of aryl methyl sites for hydroxylation is 1. The number of thiazole rings is 1. The Hall–Kier alpha value is -4.00. The summed E-state index contributed by atoms with van der Waals surface area (Å²) in [6.45, 7) is 4.41. The van der Waals surface area contributed by atoms with Crippen molar-refractivity contribution in [2.24, 2.45) is 5.10 Å². The molecule has 43 heavy (non-hydrogen) atoms. The quantitative estimate of drug-likeness (QED) is 0.169. The van der Waals surface area contributed by atoms with Gasteiger partial charge >= 0.3 is 0 Å². The Morgan fingerprint density at radius 2 is 1.72 bits per heavy atom. The Kier molecular flexibility index (Phi) is 9.00. The lowest BCUT2D eigenvalue weighted by Gasteiger charge is -2.32. The summed E-state index contributed by atoms with van der Waals surface area (Å²) in [6, 6.07) is 15.2. The number of piperidine rings is 1. The van der Waals surface area contributed by atoms with E-state index in [1.54, 1.807) is 16.4 Å². The molecule has 1 saturated heterocycles. The molecule has 1 aliphatic heterocycles. The van der Waals surface area contributed by atoms with Crippen LogP contribution in [-0.4, -0.2) is 63.7 Å². The summed E-state index contributed by atoms with van der Waals surface area (Å²) in [5.41, 5.74) is 2.68. The highest BCUT2D eigenvalue weighted by atomic mass is 32.2. The first-order valence-electron chi connectivity index (χ1n) is 13.8. The predicted molar refractivity (Wildman–Crippen MR) is 169 cm³/mol. The van der Waals surface area contributed by atoms with Crippen LogP contribution in [0.2, 0.25) is 0 Å². The third kappa shape index (κ3) is 6.22. The second kappa shape index (κ2) is 12.7. The highest BCUT2D eigenvalue weighted by Gasteiger charge is 2.31. The van der Waals surface area contributed by atoms with Gasteiger partial charge in [-0.15, -0.1) is 0 Å². The zero-order valence-electron chi connectivity index (χ0n) is 24.7. The molecule has 1 fully saturated rings. The molecule has 1 amide bonds. The minimum atomic E-state index is -3.68. The molecular weight excluding hydrogens is 588 g/mol. The smallest absolute Gasteiger partial charge is 0.280 e. The number of amides is 1. The minimum Gasteiger partial charge on any atom is -0.493 e. The van der Waals surface area contributed by atoms with Gasteiger partial charge in [-0.05, 0) is 80.8 Å². The molecule has 4 aromatic rings. The number of hydrogen-bond acceptors (Lipinski definition) is 9. The number of methoxy groups -OCH3 is 3. The highest BCUT2D eigenvalue weighted by Crippen LogP contribution is 2.38. The van der Waals surface area contributed by atoms with Gasteiger partial charge < -0.3 is 14.2 Å². The van der Waals surface area contributed by atoms with E-state index in [1.165, 1.54) is 68.2 Å². The van der Waals surface area contributed by atoms with Crippen molar-refractivity contribution in [1.29, 1.82) is 0 Å². The maximum Gasteiger partial charge on any atom is 0.280 e. The van der Waals surface area contributed by atoms with Crippen molar-refractivity contribution in [1.82, 2.24) is 9.29 Å². The molecule has 0 N–H and O–H groups in total. The van der Waals surface area contributed by atoms with Gasteiger partial charge in [0.05, 0.1) is 42.7 Å². The number of rotatable bonds is 9. The number of benzene rings is 3. The highest BCUT2D eigenvalue weighted by molar-refractivity contribution is 7.89. The molecule has 0 radical (unpaired) electrons. The fourth-order valence-corrected chi connectivity index (χ4v) is 7.78. The van der Waals surface area contributed by atoms with E-state index >= 15 is 0 Å². The van der Waals surface area contributed by atoms with Crippen LogP contribution in [0.15, 0.2) is 64.6 Å². The first-order chi connectivity index (χ1) is 20.7. The van der Waals surface area contributed by atoms with Crippen LogP contribution in [0.1, 0.15) is 47.7 Å². The fourth-order valence-electron chi connectivity index (χ4n) is 5.06. The number of fused-ring (bicyclic) bond motifs is 1. The third-order valence-corrected chi connectivity index (χ3v) is 10.4. The Bertz CT molecular complexity index is 1740. The maximum atomic E-state index is 13.9. The second-order valence-corrected chi connectivity index (χ2v) is 13.2. The van der Waals surface area contributed by atoms with Gasteiger partial charge in [0, 0.05) is 23.7 Å². The summed E-state index contributed by atoms with van der Waals surface area (Å²) < 4.78 is 45.5. The average Bonchev–Trinajstić information content (AvgIpc) is 3.43. The summed E-state index contributed by atoms with van der Waals surface area (Å²) in [4.78, 5) is 18.7. The number of carbonyl (C=O) groups excluding carboxylic acids is 1. The Morgan fingerprint density at radius 3 is 2.35 bits per heavy atom. The van der Waals surface area contributed by atoms with Crippen molar-refractivity contribution in [3.05, 3.63) is 71.3 Å². The number of nitrogens with zero attached hydrogens (tertiary/aromatic N) is 4. The summed E-state index contributed by atoms with van der Waals surface area (Å²) >= 11 is 1.33. The van der Waals surface area contributed by atoms with Crippen LogP contribution >= 0.6 is 11.3 Å². The largest absolute Gasteiger partial charge is 0.493 e. The first-order valence-corrected chi connectivity index (χ1v) is 16.1. The fraction of sp³-hybridized carbons (Fsp3) is 0.323. The number of hydrazone groups is 1. The van der Waals surface area contributed by atoms with Crippen molar-refractivity contribution >= 4 is 48.8 Å². The number of carbonyl (C=O) groups is 1. The molecule has 0 spiro atoms. The zero-order chi connectivity index (χ0) is 30.7. The lowest BCUT2D eigenvalue weighted by molar-refractivity contribution is 0.0987. The number of ether oxygens (including phenoxy) is 3. The van der Waals surface area contributed by atoms with E-state index in [0.717, 1.165) is 35.0 Å². The molecule has 2 heterocycles. The van der Waals surface area contributed by atoms with Gasteiger partial charge in [-0.3, -0.25) is 4.79 Å². The molecule has 3 aromatic carbocycles. The Labute approximate surface area is 255 Å². The van der Waals surface area contributed by atoms with Crippen molar-refractivity contribution in [2.45, 2.75) is 44.0 Å². The number of anilines is 1. The maximum absolute atomic E-state index is 13.9. The van der Waals surface area contributed by atoms with Crippen molar-refractivity contribution < 1.29 is 27.4 Å². The van der Waals surface area contributed by atoms with Crippen LogP contribution in [0.4, 0.5) is 5.13 Å². The number of aromatic nitrogens is 1. The van der Waals surface area contributed by atoms with Gasteiger partial charge in [0.15, 0.2) is 11.5 Å². The molecule has 0 aliphatic carbocycles. The van der Waals surface area contributed by atoms with Crippen molar-refractivity contribution in [3.63, 3.8) is 0 Å². The SMILES string of the molecule is COc1cc(/C=N/N(C(=O)c2ccc(S(=O)(=O)N3CCCCC3C)cc2)c2nc3ccc(C)cc3s2)cc(OC)c1OC. The van der Waals surface area contributed by atoms with E-state index in [1.807, 2.05) is 32.0 Å². The summed E-state index contributed by atoms with van der Waals surface area (Å²) in [5.74, 6) is 0.855. The normalized spacial score (nSPS) is 16.0. The van der Waals surface area contributed by atoms with E-state index in [4.69, 9.17) is 14.2 Å². The van der Waals surface area contributed by atoms with Crippen LogP contribution in [0.25, 0.3) is 10.2 Å². The van der Waals surface area contributed by atoms with Gasteiger partial charge in [-0.2, -0.15) is 14.4 Å². The van der Waals surface area contributed by atoms with Crippen LogP contribution in [-0.2, 0) is 10.0 Å². The van der Waals surface area contributed by atoms with Gasteiger partial charge in [-0.1, -0.05) is 23.8 Å². The van der Waals surface area contributed by atoms with Crippen LogP contribution in [0, 0.1) is 6.92 Å². The van der Waals surface area contributed by atoms with Crippen LogP contribution in [0.3, 0.4) is 0 Å². The molecule has 5 rings (SSSR count). The van der Waals surface area contributed by atoms with E-state index < -0.39 is 15.9 Å². The van der Waals surface area contributed by atoms with Gasteiger partial charge in [0.2, 0.25) is 20.9 Å². The summed E-state index contributed by atoms with van der Waals surface area (Å²) in [5, 5.41) is 6.14. The van der Waals surface area contributed by atoms with Crippen LogP contribution < -0.4 is 19.2 Å². The van der Waals surface area contributed by atoms with Gasteiger partial charge in [0.1, 0.15) is 0 Å². The monoisotopic (exact) mass is 622 g/mol. The lowest BCUT2D eigenvalue weighted by Crippen LogP contribution is -2.41. The molecule has 1 atom stereocenters. The molecular formula is C31H34N4O6S2. The van der Waals surface area contributed by atoms with E-state index in [0.29, 0.717) is 34.5 Å². The molecule has 0 bridgehead atoms. The third-order valence-electron chi connectivity index (χ3n) is 7.37. The molecule has 226 valence electrons. The first kappa shape index (κ1) is 30.5. The van der Waals surface area contributed by atoms with Crippen molar-refractivity contribution in [3.8, 4) is 17.2 Å². The average molecular weight is 623 g/mol. The predicted octanol–water partition coefficient (Wildman–Crippen LogP) is 5.87. The summed E-state index contributed by atoms with van der Waals surface area (Å²) in [6.07, 6.45) is 4.19. The zero-order valence-corrected chi connectivity index (χ0v) is 26.4. The molecule has 12 heteroatoms. The van der Waals surface area contributed by atoms with Gasteiger partial charge in [-0.25, -0.2) is 13.4 Å². The lowest BCUT2D eigenvalue weighted by atomic mass is 10.1. The van der Waals surface area contributed by atoms with E-state index in [9.17, 15) is 13.2 Å². The molecule has 0 saturated carbocycles. The Morgan fingerprint density at radius 1 is 1.02 bits per heavy atom. The summed E-state index contributed by atoms with van der Waals surface area (Å²) in [7, 11) is 0.884. The molecule has 1 unspecified atom stereocenters. The molecule has 1 aromatic heterocycles. The standard InChI is InChI=1S/C31H34N4O6S2/c1-20-9-14-25-28(16-20)42-31(33-25)35(32-19-22-17-26(39-3)29(41-5)27(18-22)40-4)30(36)23-10-12-24(13-11-23)43(37,38)34-15-7-6-8-21(34)2/h9-14,16-19,21H,6-8,15H2,1-5H3/b32-19+. The van der Waals surface area contributed by atoms with E-state index in [2.05, 4.69) is 10.1 Å². The van der Waals surface area contributed by atoms with Crippen LogP contribution in [0.5, 0.6) is 17.2 Å². The minimum absolute atomic E-state index is 0.0669.